The molecular weight excluding hydrogens is 344 g/mol. The molecule has 0 aliphatic heterocycles. The van der Waals surface area contributed by atoms with Crippen LogP contribution in [0.1, 0.15) is 36.6 Å². The van der Waals surface area contributed by atoms with E-state index in [2.05, 4.69) is 5.32 Å². The van der Waals surface area contributed by atoms with Crippen LogP contribution < -0.4 is 11.1 Å². The molecule has 0 fully saturated rings. The number of aromatic carboxylic acids is 1. The van der Waals surface area contributed by atoms with Gasteiger partial charge in [-0.1, -0.05) is 36.4 Å². The summed E-state index contributed by atoms with van der Waals surface area (Å²) in [6.45, 7) is 0. The molecule has 1 aliphatic rings. The topological polar surface area (TPSA) is 109 Å². The molecule has 1 amide bonds. The zero-order valence-corrected chi connectivity index (χ0v) is 14.0. The van der Waals surface area contributed by atoms with Crippen molar-refractivity contribution in [2.75, 3.05) is 11.1 Å². The monoisotopic (exact) mass is 358 g/mol. The molecule has 0 saturated carbocycles. The number of carboxylic acids is 1. The molecule has 0 bridgehead atoms. The van der Waals surface area contributed by atoms with Crippen LogP contribution in [0.15, 0.2) is 60.7 Å². The number of carbonyl (C=O) groups is 3. The molecule has 1 aliphatic carbocycles. The number of amides is 1. The number of carboxylic acid groups (broad SMARTS) is 1. The van der Waals surface area contributed by atoms with Crippen LogP contribution in [-0.2, 0) is 0 Å². The molecule has 0 spiro atoms. The maximum Gasteiger partial charge on any atom is 0.335 e. The van der Waals surface area contributed by atoms with Crippen molar-refractivity contribution in [2.45, 2.75) is 0 Å². The Hall–Kier alpha value is -3.93. The molecule has 6 nitrogen and oxygen atoms in total. The summed E-state index contributed by atoms with van der Waals surface area (Å²) in [5, 5.41) is 11.7. The van der Waals surface area contributed by atoms with Gasteiger partial charge in [0.2, 0.25) is 0 Å². The van der Waals surface area contributed by atoms with E-state index in [1.165, 1.54) is 18.2 Å². The number of nitrogens with two attached hydrogens (primary N) is 1. The van der Waals surface area contributed by atoms with Gasteiger partial charge in [-0.05, 0) is 35.4 Å². The third-order valence-corrected chi connectivity index (χ3v) is 4.55. The van der Waals surface area contributed by atoms with Gasteiger partial charge in [-0.3, -0.25) is 9.59 Å². The summed E-state index contributed by atoms with van der Waals surface area (Å²) in [6.07, 6.45) is 0. The standard InChI is InChI=1S/C21H14N2O4/c22-16-9-8-11(21(26)27)10-17(16)23-20(25)15-7-3-6-13-12-4-1-2-5-14(12)19(24)18(13)15/h1-10H,22H2,(H,23,25)(H,26,27). The lowest BCUT2D eigenvalue weighted by atomic mass is 10.00. The van der Waals surface area contributed by atoms with Gasteiger partial charge in [-0.2, -0.15) is 0 Å². The van der Waals surface area contributed by atoms with Crippen molar-refractivity contribution >= 4 is 29.0 Å². The second-order valence-corrected chi connectivity index (χ2v) is 6.16. The van der Waals surface area contributed by atoms with Gasteiger partial charge in [-0.25, -0.2) is 4.79 Å². The van der Waals surface area contributed by atoms with Crippen LogP contribution in [0.4, 0.5) is 11.4 Å². The average molecular weight is 358 g/mol. The second-order valence-electron chi connectivity index (χ2n) is 6.16. The number of nitrogens with one attached hydrogen (secondary N) is 1. The number of fused-ring (bicyclic) bond motifs is 3. The van der Waals surface area contributed by atoms with Crippen LogP contribution in [0, 0.1) is 0 Å². The molecule has 27 heavy (non-hydrogen) atoms. The zero-order valence-electron chi connectivity index (χ0n) is 14.0. The summed E-state index contributed by atoms with van der Waals surface area (Å²) in [7, 11) is 0. The number of benzene rings is 3. The van der Waals surface area contributed by atoms with Crippen molar-refractivity contribution in [1.29, 1.82) is 0 Å². The molecule has 3 aromatic rings. The van der Waals surface area contributed by atoms with E-state index in [0.717, 1.165) is 5.56 Å². The van der Waals surface area contributed by atoms with Gasteiger partial charge in [0.25, 0.3) is 5.91 Å². The van der Waals surface area contributed by atoms with Gasteiger partial charge in [0.1, 0.15) is 0 Å². The summed E-state index contributed by atoms with van der Waals surface area (Å²) in [5.41, 5.74) is 8.87. The first kappa shape index (κ1) is 16.5. The van der Waals surface area contributed by atoms with Crippen LogP contribution in [0.5, 0.6) is 0 Å². The molecule has 132 valence electrons. The lowest BCUT2D eigenvalue weighted by Gasteiger charge is -2.11. The Balaban J connectivity index is 1.75. The molecule has 6 heteroatoms. The van der Waals surface area contributed by atoms with E-state index in [-0.39, 0.29) is 28.3 Å². The first-order valence-electron chi connectivity index (χ1n) is 8.18. The number of rotatable bonds is 3. The van der Waals surface area contributed by atoms with Crippen LogP contribution in [0.2, 0.25) is 0 Å². The lowest BCUT2D eigenvalue weighted by Crippen LogP contribution is -2.17. The average Bonchev–Trinajstić information content (AvgIpc) is 2.96. The molecule has 0 saturated heterocycles. The fraction of sp³-hybridized carbons (Fsp3) is 0. The summed E-state index contributed by atoms with van der Waals surface area (Å²) >= 11 is 0. The summed E-state index contributed by atoms with van der Waals surface area (Å²) in [5.74, 6) is -1.86. The Morgan fingerprint density at radius 3 is 2.33 bits per heavy atom. The number of anilines is 2. The smallest absolute Gasteiger partial charge is 0.335 e. The fourth-order valence-corrected chi connectivity index (χ4v) is 3.25. The Kier molecular flexibility index (Phi) is 3.74. The molecule has 0 unspecified atom stereocenters. The Morgan fingerprint density at radius 1 is 0.889 bits per heavy atom. The van der Waals surface area contributed by atoms with Crippen molar-refractivity contribution in [1.82, 2.24) is 0 Å². The van der Waals surface area contributed by atoms with E-state index in [1.54, 1.807) is 30.3 Å². The predicted octanol–water partition coefficient (Wildman–Crippen LogP) is 3.43. The van der Waals surface area contributed by atoms with Gasteiger partial charge in [0.05, 0.1) is 22.5 Å². The highest BCUT2D eigenvalue weighted by molar-refractivity contribution is 6.26. The number of hydrogen-bond donors (Lipinski definition) is 3. The van der Waals surface area contributed by atoms with Crippen molar-refractivity contribution < 1.29 is 19.5 Å². The highest BCUT2D eigenvalue weighted by Crippen LogP contribution is 2.38. The maximum atomic E-state index is 12.8. The van der Waals surface area contributed by atoms with E-state index in [9.17, 15) is 14.4 Å². The second kappa shape index (κ2) is 6.10. The molecule has 4 N–H and O–H groups in total. The number of carbonyl (C=O) groups excluding carboxylic acids is 2. The van der Waals surface area contributed by atoms with E-state index in [1.807, 2.05) is 12.1 Å². The molecule has 0 atom stereocenters. The van der Waals surface area contributed by atoms with Gasteiger partial charge >= 0.3 is 5.97 Å². The third-order valence-electron chi connectivity index (χ3n) is 4.55. The van der Waals surface area contributed by atoms with Crippen LogP contribution in [-0.4, -0.2) is 22.8 Å². The van der Waals surface area contributed by atoms with Gasteiger partial charge in [-0.15, -0.1) is 0 Å². The summed E-state index contributed by atoms with van der Waals surface area (Å²) < 4.78 is 0. The number of hydrogen-bond acceptors (Lipinski definition) is 4. The molecule has 4 rings (SSSR count). The minimum absolute atomic E-state index is 0.00118. The molecular formula is C21H14N2O4. The summed E-state index contributed by atoms with van der Waals surface area (Å²) in [4.78, 5) is 36.8. The maximum absolute atomic E-state index is 12.8. The van der Waals surface area contributed by atoms with Crippen molar-refractivity contribution in [2.24, 2.45) is 0 Å². The van der Waals surface area contributed by atoms with Gasteiger partial charge < -0.3 is 16.2 Å². The van der Waals surface area contributed by atoms with Crippen LogP contribution in [0.25, 0.3) is 11.1 Å². The molecule has 0 aromatic heterocycles. The highest BCUT2D eigenvalue weighted by atomic mass is 16.4. The minimum atomic E-state index is -1.13. The summed E-state index contributed by atoms with van der Waals surface area (Å²) in [6, 6.07) is 16.3. The largest absolute Gasteiger partial charge is 0.478 e. The third kappa shape index (κ3) is 2.64. The number of nitrogen functional groups attached to an aromatic ring is 1. The van der Waals surface area contributed by atoms with Gasteiger partial charge in [0, 0.05) is 11.1 Å². The zero-order chi connectivity index (χ0) is 19.1. The van der Waals surface area contributed by atoms with Crippen LogP contribution in [0.3, 0.4) is 0 Å². The fourth-order valence-electron chi connectivity index (χ4n) is 3.25. The van der Waals surface area contributed by atoms with E-state index >= 15 is 0 Å². The SMILES string of the molecule is Nc1ccc(C(=O)O)cc1NC(=O)c1cccc2c1C(=O)c1ccccc1-2. The highest BCUT2D eigenvalue weighted by Gasteiger charge is 2.30. The first-order valence-corrected chi connectivity index (χ1v) is 8.18. The lowest BCUT2D eigenvalue weighted by molar-refractivity contribution is 0.0696. The van der Waals surface area contributed by atoms with Crippen molar-refractivity contribution in [3.8, 4) is 11.1 Å². The van der Waals surface area contributed by atoms with Crippen molar-refractivity contribution in [3.63, 3.8) is 0 Å². The number of ketones is 1. The quantitative estimate of drug-likeness (QED) is 0.486. The van der Waals surface area contributed by atoms with Crippen LogP contribution >= 0.6 is 0 Å². The van der Waals surface area contributed by atoms with E-state index < -0.39 is 11.9 Å². The van der Waals surface area contributed by atoms with E-state index in [0.29, 0.717) is 16.7 Å². The Bertz CT molecular complexity index is 1130. The van der Waals surface area contributed by atoms with Crippen molar-refractivity contribution in [3.05, 3.63) is 82.9 Å². The normalized spacial score (nSPS) is 11.6. The van der Waals surface area contributed by atoms with E-state index in [4.69, 9.17) is 10.8 Å². The molecule has 0 heterocycles. The molecule has 3 aromatic carbocycles. The Labute approximate surface area is 154 Å². The first-order chi connectivity index (χ1) is 13.0. The molecule has 0 radical (unpaired) electrons. The minimum Gasteiger partial charge on any atom is -0.478 e. The predicted molar refractivity (Wildman–Crippen MR) is 101 cm³/mol. The van der Waals surface area contributed by atoms with Gasteiger partial charge in [0.15, 0.2) is 5.78 Å². The Morgan fingerprint density at radius 2 is 1.59 bits per heavy atom.